The summed E-state index contributed by atoms with van der Waals surface area (Å²) in [6, 6.07) is 13.6. The number of nitrogens with one attached hydrogen (secondary N) is 1. The molecule has 0 bridgehead atoms. The highest BCUT2D eigenvalue weighted by Gasteiger charge is 2.07. The number of rotatable bonds is 7. The third-order valence-corrected chi connectivity index (χ3v) is 3.60. The number of hydrogen-bond donors (Lipinski definition) is 2. The van der Waals surface area contributed by atoms with Crippen LogP contribution in [0.5, 0.6) is 5.75 Å². The molecule has 6 nitrogen and oxygen atoms in total. The molecule has 0 saturated heterocycles. The zero-order chi connectivity index (χ0) is 15.9. The number of aliphatic hydroxyl groups is 1. The molecular formula is C15H15IN2O4. The third kappa shape index (κ3) is 5.15. The maximum absolute atomic E-state index is 10.5. The molecule has 0 spiro atoms. The van der Waals surface area contributed by atoms with Gasteiger partial charge in [0.15, 0.2) is 0 Å². The number of halogens is 1. The monoisotopic (exact) mass is 414 g/mol. The largest absolute Gasteiger partial charge is 0.491 e. The van der Waals surface area contributed by atoms with Crippen LogP contribution in [0.15, 0.2) is 48.5 Å². The van der Waals surface area contributed by atoms with Crippen molar-refractivity contribution in [3.63, 3.8) is 0 Å². The molecule has 0 radical (unpaired) electrons. The average Bonchev–Trinajstić information content (AvgIpc) is 2.52. The summed E-state index contributed by atoms with van der Waals surface area (Å²) in [5.74, 6) is 0.704. The number of hydrogen-bond acceptors (Lipinski definition) is 5. The Hall–Kier alpha value is -1.87. The number of nitrogens with zero attached hydrogens (tertiary/aromatic N) is 1. The van der Waals surface area contributed by atoms with E-state index in [1.165, 1.54) is 12.1 Å². The summed E-state index contributed by atoms with van der Waals surface area (Å²) in [4.78, 5) is 10.1. The minimum atomic E-state index is -0.686. The van der Waals surface area contributed by atoms with Crippen LogP contribution < -0.4 is 10.1 Å². The van der Waals surface area contributed by atoms with E-state index in [0.29, 0.717) is 18.0 Å². The van der Waals surface area contributed by atoms with E-state index >= 15 is 0 Å². The summed E-state index contributed by atoms with van der Waals surface area (Å²) in [5, 5.41) is 23.4. The van der Waals surface area contributed by atoms with Crippen LogP contribution in [0.25, 0.3) is 0 Å². The van der Waals surface area contributed by atoms with Crippen molar-refractivity contribution in [2.75, 3.05) is 18.5 Å². The Morgan fingerprint density at radius 1 is 1.18 bits per heavy atom. The number of non-ortho nitro benzene ring substituents is 1. The number of anilines is 1. The molecule has 0 aliphatic rings. The minimum Gasteiger partial charge on any atom is -0.491 e. The number of nitro groups is 1. The molecule has 2 aromatic carbocycles. The molecule has 2 aromatic rings. The van der Waals surface area contributed by atoms with Gasteiger partial charge in [-0.2, -0.15) is 0 Å². The van der Waals surface area contributed by atoms with Crippen molar-refractivity contribution in [2.24, 2.45) is 0 Å². The molecule has 7 heteroatoms. The molecule has 0 amide bonds. The fourth-order valence-corrected chi connectivity index (χ4v) is 2.08. The lowest BCUT2D eigenvalue weighted by molar-refractivity contribution is -0.384. The molecule has 0 heterocycles. The fourth-order valence-electron chi connectivity index (χ4n) is 1.72. The maximum Gasteiger partial charge on any atom is 0.269 e. The van der Waals surface area contributed by atoms with Gasteiger partial charge in [0.25, 0.3) is 5.69 Å². The molecule has 0 aromatic heterocycles. The predicted molar refractivity (Wildman–Crippen MR) is 92.2 cm³/mol. The van der Waals surface area contributed by atoms with Crippen LogP contribution >= 0.6 is 22.6 Å². The van der Waals surface area contributed by atoms with Gasteiger partial charge >= 0.3 is 0 Å². The van der Waals surface area contributed by atoms with Gasteiger partial charge < -0.3 is 15.2 Å². The highest BCUT2D eigenvalue weighted by atomic mass is 127. The fraction of sp³-hybridized carbons (Fsp3) is 0.200. The average molecular weight is 414 g/mol. The van der Waals surface area contributed by atoms with E-state index in [2.05, 4.69) is 27.9 Å². The van der Waals surface area contributed by atoms with Gasteiger partial charge in [-0.3, -0.25) is 10.1 Å². The van der Waals surface area contributed by atoms with Crippen molar-refractivity contribution in [2.45, 2.75) is 6.10 Å². The Kier molecular flexibility index (Phi) is 5.96. The summed E-state index contributed by atoms with van der Waals surface area (Å²) in [7, 11) is 0. The molecule has 1 atom stereocenters. The molecule has 0 aliphatic heterocycles. The minimum absolute atomic E-state index is 0.0353. The summed E-state index contributed by atoms with van der Waals surface area (Å²) >= 11 is 2.21. The van der Waals surface area contributed by atoms with Crippen molar-refractivity contribution >= 4 is 34.0 Å². The Morgan fingerprint density at radius 3 is 2.41 bits per heavy atom. The van der Waals surface area contributed by atoms with Crippen molar-refractivity contribution < 1.29 is 14.8 Å². The van der Waals surface area contributed by atoms with Crippen LogP contribution in [-0.2, 0) is 0 Å². The lowest BCUT2D eigenvalue weighted by Crippen LogP contribution is -2.26. The van der Waals surface area contributed by atoms with Crippen LogP contribution in [0, 0.1) is 13.7 Å². The molecule has 2 rings (SSSR count). The number of ether oxygens (including phenoxy) is 1. The molecule has 116 valence electrons. The molecule has 0 saturated carbocycles. The van der Waals surface area contributed by atoms with Crippen LogP contribution in [0.2, 0.25) is 0 Å². The van der Waals surface area contributed by atoms with Gasteiger partial charge in [0.05, 0.1) is 4.92 Å². The highest BCUT2D eigenvalue weighted by Crippen LogP contribution is 2.16. The van der Waals surface area contributed by atoms with Crippen molar-refractivity contribution in [3.05, 3.63) is 62.2 Å². The molecule has 22 heavy (non-hydrogen) atoms. The Labute approximate surface area is 141 Å². The van der Waals surface area contributed by atoms with E-state index in [0.717, 1.165) is 3.57 Å². The van der Waals surface area contributed by atoms with Crippen LogP contribution in [0.3, 0.4) is 0 Å². The second-order valence-corrected chi connectivity index (χ2v) is 5.85. The Bertz CT molecular complexity index is 616. The first-order chi connectivity index (χ1) is 10.5. The normalized spacial score (nSPS) is 11.7. The zero-order valence-corrected chi connectivity index (χ0v) is 13.8. The number of aliphatic hydroxyl groups excluding tert-OH is 1. The van der Waals surface area contributed by atoms with Gasteiger partial charge in [-0.25, -0.2) is 0 Å². The molecular weight excluding hydrogens is 399 g/mol. The van der Waals surface area contributed by atoms with Gasteiger partial charge in [0.1, 0.15) is 18.5 Å². The van der Waals surface area contributed by atoms with Crippen molar-refractivity contribution in [1.82, 2.24) is 0 Å². The molecule has 0 fully saturated rings. The second kappa shape index (κ2) is 7.95. The van der Waals surface area contributed by atoms with Crippen LogP contribution in [0.1, 0.15) is 0 Å². The van der Waals surface area contributed by atoms with E-state index in [4.69, 9.17) is 4.74 Å². The number of nitro benzene ring substituents is 1. The van der Waals surface area contributed by atoms with E-state index < -0.39 is 11.0 Å². The van der Waals surface area contributed by atoms with Crippen molar-refractivity contribution in [1.29, 1.82) is 0 Å². The van der Waals surface area contributed by atoms with Gasteiger partial charge in [-0.15, -0.1) is 0 Å². The van der Waals surface area contributed by atoms with E-state index in [-0.39, 0.29) is 12.3 Å². The second-order valence-electron chi connectivity index (χ2n) is 4.60. The quantitative estimate of drug-likeness (QED) is 0.414. The topological polar surface area (TPSA) is 84.6 Å². The lowest BCUT2D eigenvalue weighted by atomic mass is 10.2. The van der Waals surface area contributed by atoms with Gasteiger partial charge in [-0.1, -0.05) is 0 Å². The first-order valence-corrected chi connectivity index (χ1v) is 7.67. The maximum atomic E-state index is 10.5. The van der Waals surface area contributed by atoms with Crippen LogP contribution in [-0.4, -0.2) is 29.3 Å². The summed E-state index contributed by atoms with van der Waals surface area (Å²) < 4.78 is 6.60. The lowest BCUT2D eigenvalue weighted by Gasteiger charge is -2.14. The predicted octanol–water partition coefficient (Wildman–Crippen LogP) is 3.05. The SMILES string of the molecule is O=[N+]([O-])c1ccc(NCC(O)COc2ccc(I)cc2)cc1. The summed E-state index contributed by atoms with van der Waals surface area (Å²) in [6.45, 7) is 0.461. The van der Waals surface area contributed by atoms with Gasteiger partial charge in [0.2, 0.25) is 0 Å². The molecule has 0 aliphatic carbocycles. The molecule has 2 N–H and O–H groups in total. The summed E-state index contributed by atoms with van der Waals surface area (Å²) in [6.07, 6.45) is -0.686. The zero-order valence-electron chi connectivity index (χ0n) is 11.6. The third-order valence-electron chi connectivity index (χ3n) is 2.88. The van der Waals surface area contributed by atoms with E-state index in [9.17, 15) is 15.2 Å². The van der Waals surface area contributed by atoms with Gasteiger partial charge in [0, 0.05) is 27.9 Å². The smallest absolute Gasteiger partial charge is 0.269 e. The van der Waals surface area contributed by atoms with Crippen LogP contribution in [0.4, 0.5) is 11.4 Å². The first kappa shape index (κ1) is 16.5. The number of benzene rings is 2. The first-order valence-electron chi connectivity index (χ1n) is 6.59. The summed E-state index contributed by atoms with van der Waals surface area (Å²) in [5.41, 5.74) is 0.743. The van der Waals surface area contributed by atoms with Crippen molar-refractivity contribution in [3.8, 4) is 5.75 Å². The van der Waals surface area contributed by atoms with E-state index in [1.807, 2.05) is 24.3 Å². The Balaban J connectivity index is 1.76. The van der Waals surface area contributed by atoms with Gasteiger partial charge in [-0.05, 0) is 59.0 Å². The Morgan fingerprint density at radius 2 is 1.82 bits per heavy atom. The highest BCUT2D eigenvalue weighted by molar-refractivity contribution is 14.1. The van der Waals surface area contributed by atoms with E-state index in [1.54, 1.807) is 12.1 Å². The standard InChI is InChI=1S/C15H15IN2O4/c16-11-1-7-15(8-2-11)22-10-14(19)9-17-12-3-5-13(6-4-12)18(20)21/h1-8,14,17,19H,9-10H2. The molecule has 1 unspecified atom stereocenters.